The molecule has 3 aromatic rings. The van der Waals surface area contributed by atoms with Crippen LogP contribution in [0.3, 0.4) is 0 Å². The van der Waals surface area contributed by atoms with Crippen molar-refractivity contribution < 1.29 is 9.90 Å². The lowest BCUT2D eigenvalue weighted by atomic mass is 9.80. The number of rotatable bonds is 5. The van der Waals surface area contributed by atoms with Crippen molar-refractivity contribution in [1.82, 2.24) is 29.3 Å². The minimum Gasteiger partial charge on any atom is -0.513 e. The molecule has 0 atom stereocenters. The highest BCUT2D eigenvalue weighted by atomic mass is 16.2. The van der Waals surface area contributed by atoms with Crippen LogP contribution >= 0.6 is 0 Å². The smallest absolute Gasteiger partial charge is 0.253 e. The molecule has 34 heavy (non-hydrogen) atoms. The molecule has 2 N–H and O–H groups in total. The zero-order chi connectivity index (χ0) is 23.4. The molecule has 8 nitrogen and oxygen atoms in total. The Morgan fingerprint density at radius 1 is 1.35 bits per heavy atom. The monoisotopic (exact) mass is 458 g/mol. The third-order valence-corrected chi connectivity index (χ3v) is 7.54. The van der Waals surface area contributed by atoms with Crippen molar-refractivity contribution in [2.45, 2.75) is 38.3 Å². The number of allylic oxidation sites excluding steroid dienone is 1. The third-order valence-electron chi connectivity index (χ3n) is 7.54. The molecule has 5 heterocycles. The molecule has 176 valence electrons. The molecule has 3 aromatic heterocycles. The predicted octanol–water partition coefficient (Wildman–Crippen LogP) is 1.44. The van der Waals surface area contributed by atoms with E-state index >= 15 is 0 Å². The minimum absolute atomic E-state index is 0.00460. The van der Waals surface area contributed by atoms with Crippen molar-refractivity contribution >= 4 is 29.3 Å². The van der Waals surface area contributed by atoms with Crippen LogP contribution in [0.4, 0.5) is 0 Å². The fraction of sp³-hybridized carbons (Fsp3) is 0.423. The molecule has 1 saturated carbocycles. The van der Waals surface area contributed by atoms with E-state index in [0.717, 1.165) is 61.4 Å². The fourth-order valence-corrected chi connectivity index (χ4v) is 5.21. The van der Waals surface area contributed by atoms with E-state index in [9.17, 15) is 9.90 Å². The van der Waals surface area contributed by atoms with E-state index in [-0.39, 0.29) is 11.4 Å². The Morgan fingerprint density at radius 2 is 2.15 bits per heavy atom. The predicted molar refractivity (Wildman–Crippen MR) is 131 cm³/mol. The summed E-state index contributed by atoms with van der Waals surface area (Å²) >= 11 is 0. The molecule has 0 aromatic carbocycles. The van der Waals surface area contributed by atoms with Crippen molar-refractivity contribution in [3.05, 3.63) is 46.7 Å². The topological polar surface area (TPSA) is 88.2 Å². The number of amides is 1. The number of nitrogens with zero attached hydrogens (tertiary/aromatic N) is 5. The summed E-state index contributed by atoms with van der Waals surface area (Å²) in [6.45, 7) is 5.30. The van der Waals surface area contributed by atoms with Crippen molar-refractivity contribution in [2.75, 3.05) is 19.6 Å². The highest BCUT2D eigenvalue weighted by molar-refractivity contribution is 6.02. The molecule has 3 fully saturated rings. The second-order valence-corrected chi connectivity index (χ2v) is 9.90. The summed E-state index contributed by atoms with van der Waals surface area (Å²) in [5, 5.41) is 15.7. The number of pyridine rings is 1. The molecule has 1 aliphatic carbocycles. The number of imidazole rings is 1. The van der Waals surface area contributed by atoms with Crippen molar-refractivity contribution in [3.8, 4) is 11.5 Å². The van der Waals surface area contributed by atoms with Gasteiger partial charge in [0.25, 0.3) is 5.91 Å². The highest BCUT2D eigenvalue weighted by Gasteiger charge is 2.49. The maximum atomic E-state index is 13.1. The summed E-state index contributed by atoms with van der Waals surface area (Å²) in [7, 11) is 1.90. The van der Waals surface area contributed by atoms with Gasteiger partial charge < -0.3 is 24.5 Å². The average molecular weight is 459 g/mol. The van der Waals surface area contributed by atoms with Crippen LogP contribution in [-0.2, 0) is 18.4 Å². The summed E-state index contributed by atoms with van der Waals surface area (Å²) < 4.78 is 4.13. The molecule has 2 saturated heterocycles. The van der Waals surface area contributed by atoms with Gasteiger partial charge in [-0.3, -0.25) is 4.79 Å². The number of aliphatic hydroxyl groups is 1. The SMILES string of the molecule is C\C=C(/C=c1/nc(-c2cc3cccnc3n2CC2CC2)n(C)/c1=C\O)C(=O)N1CC2(CCN2)C1. The van der Waals surface area contributed by atoms with E-state index in [1.807, 2.05) is 41.8 Å². The van der Waals surface area contributed by atoms with Crippen LogP contribution in [0.15, 0.2) is 36.0 Å². The van der Waals surface area contributed by atoms with E-state index in [4.69, 9.17) is 4.98 Å². The van der Waals surface area contributed by atoms with E-state index in [2.05, 4.69) is 27.0 Å². The van der Waals surface area contributed by atoms with Crippen LogP contribution in [0.1, 0.15) is 26.2 Å². The fourth-order valence-electron chi connectivity index (χ4n) is 5.21. The van der Waals surface area contributed by atoms with Gasteiger partial charge in [-0.2, -0.15) is 0 Å². The molecule has 8 heteroatoms. The third kappa shape index (κ3) is 3.36. The van der Waals surface area contributed by atoms with Gasteiger partial charge in [-0.25, -0.2) is 9.97 Å². The van der Waals surface area contributed by atoms with Crippen molar-refractivity contribution in [3.63, 3.8) is 0 Å². The molecule has 6 rings (SSSR count). The average Bonchev–Trinajstić information content (AvgIpc) is 3.45. The molecule has 1 spiro atoms. The number of aromatic nitrogens is 4. The first-order chi connectivity index (χ1) is 16.5. The van der Waals surface area contributed by atoms with Gasteiger partial charge in [0, 0.05) is 43.8 Å². The van der Waals surface area contributed by atoms with Crippen LogP contribution in [-0.4, -0.2) is 60.2 Å². The van der Waals surface area contributed by atoms with Gasteiger partial charge in [0.05, 0.1) is 16.6 Å². The number of likely N-dealkylation sites (tertiary alicyclic amines) is 1. The van der Waals surface area contributed by atoms with Gasteiger partial charge in [-0.1, -0.05) is 6.08 Å². The van der Waals surface area contributed by atoms with E-state index < -0.39 is 0 Å². The summed E-state index contributed by atoms with van der Waals surface area (Å²) in [5.41, 5.74) is 2.65. The van der Waals surface area contributed by atoms with Crippen LogP contribution in [0.25, 0.3) is 34.9 Å². The second-order valence-electron chi connectivity index (χ2n) is 9.90. The summed E-state index contributed by atoms with van der Waals surface area (Å²) in [6.07, 6.45) is 10.1. The first-order valence-corrected chi connectivity index (χ1v) is 12.1. The van der Waals surface area contributed by atoms with Crippen LogP contribution in [0, 0.1) is 5.92 Å². The lowest BCUT2D eigenvalue weighted by Crippen LogP contribution is -2.76. The molecule has 2 aliphatic heterocycles. The first kappa shape index (κ1) is 21.2. The highest BCUT2D eigenvalue weighted by Crippen LogP contribution is 2.35. The quantitative estimate of drug-likeness (QED) is 0.565. The Balaban J connectivity index is 1.40. The molecule has 0 radical (unpaired) electrons. The molecule has 0 bridgehead atoms. The molecule has 1 amide bonds. The van der Waals surface area contributed by atoms with Gasteiger partial charge in [0.2, 0.25) is 0 Å². The molecular weight excluding hydrogens is 428 g/mol. The van der Waals surface area contributed by atoms with Gasteiger partial charge >= 0.3 is 0 Å². The van der Waals surface area contributed by atoms with Crippen LogP contribution in [0.2, 0.25) is 0 Å². The summed E-state index contributed by atoms with van der Waals surface area (Å²) in [5.74, 6) is 1.42. The molecular formula is C26H30N6O2. The Hall–Kier alpha value is -3.39. The zero-order valence-corrected chi connectivity index (χ0v) is 19.7. The Labute approximate surface area is 197 Å². The summed E-state index contributed by atoms with van der Waals surface area (Å²) in [6, 6.07) is 6.13. The number of aliphatic hydroxyl groups excluding tert-OH is 1. The van der Waals surface area contributed by atoms with Gasteiger partial charge in [0.1, 0.15) is 17.3 Å². The van der Waals surface area contributed by atoms with Crippen molar-refractivity contribution in [2.24, 2.45) is 13.0 Å². The van der Waals surface area contributed by atoms with Gasteiger partial charge in [-0.05, 0) is 62.9 Å². The minimum atomic E-state index is 0.00460. The second kappa shape index (κ2) is 7.84. The van der Waals surface area contributed by atoms with E-state index in [1.54, 1.807) is 6.08 Å². The lowest BCUT2D eigenvalue weighted by Gasteiger charge is -2.56. The zero-order valence-electron chi connectivity index (χ0n) is 19.7. The molecule has 3 aliphatic rings. The Kier molecular flexibility index (Phi) is 4.88. The first-order valence-electron chi connectivity index (χ1n) is 12.1. The molecule has 0 unspecified atom stereocenters. The maximum absolute atomic E-state index is 13.1. The summed E-state index contributed by atoms with van der Waals surface area (Å²) in [4.78, 5) is 24.5. The van der Waals surface area contributed by atoms with Gasteiger partial charge in [0.15, 0.2) is 5.82 Å². The number of carbonyl (C=O) groups is 1. The van der Waals surface area contributed by atoms with E-state index in [1.165, 1.54) is 12.8 Å². The number of fused-ring (bicyclic) bond motifs is 1. The Bertz CT molecular complexity index is 1430. The maximum Gasteiger partial charge on any atom is 0.253 e. The lowest BCUT2D eigenvalue weighted by molar-refractivity contribution is -0.137. The number of hydrogen-bond donors (Lipinski definition) is 2. The van der Waals surface area contributed by atoms with Crippen LogP contribution < -0.4 is 16.0 Å². The Morgan fingerprint density at radius 3 is 2.79 bits per heavy atom. The van der Waals surface area contributed by atoms with E-state index in [0.29, 0.717) is 22.2 Å². The van der Waals surface area contributed by atoms with Crippen molar-refractivity contribution in [1.29, 1.82) is 0 Å². The largest absolute Gasteiger partial charge is 0.513 e. The van der Waals surface area contributed by atoms with Gasteiger partial charge in [-0.15, -0.1) is 0 Å². The number of nitrogens with one attached hydrogen (secondary N) is 1. The standard InChI is InChI=1S/C26H30N6O2/c1-3-18(25(34)31-15-26(16-31)8-10-28-26)11-20-22(14-33)30(2)24(29-20)21-12-19-5-4-9-27-23(19)32(21)13-17-6-7-17/h3-5,9,11-12,14,17,28,33H,6-8,10,13,15-16H2,1-2H3/b18-3+,20-11+,22-14-. The number of hydrogen-bond acceptors (Lipinski definition) is 5. The normalized spacial score (nSPS) is 20.8. The number of carbonyl (C=O) groups excluding carboxylic acids is 1. The van der Waals surface area contributed by atoms with Crippen LogP contribution in [0.5, 0.6) is 0 Å².